The van der Waals surface area contributed by atoms with Gasteiger partial charge in [0.2, 0.25) is 5.91 Å². The minimum atomic E-state index is 0.0552. The Morgan fingerprint density at radius 2 is 1.90 bits per heavy atom. The standard InChI is InChI=1S/C17H35N3O/c1-4-9-15(3)19-16(21)13-20(12-5-2)17(14-18)10-7-6-8-11-17/h15H,4-14,18H2,1-3H3,(H,19,21). The van der Waals surface area contributed by atoms with Crippen molar-refractivity contribution in [1.82, 2.24) is 10.2 Å². The van der Waals surface area contributed by atoms with Crippen LogP contribution in [-0.2, 0) is 4.79 Å². The number of carbonyl (C=O) groups excluding carboxylic acids is 1. The largest absolute Gasteiger partial charge is 0.353 e. The maximum absolute atomic E-state index is 12.3. The number of nitrogens with two attached hydrogens (primary N) is 1. The Morgan fingerprint density at radius 1 is 1.24 bits per heavy atom. The number of nitrogens with zero attached hydrogens (tertiary/aromatic N) is 1. The number of carbonyl (C=O) groups is 1. The zero-order valence-electron chi connectivity index (χ0n) is 14.3. The molecule has 0 aromatic rings. The molecule has 21 heavy (non-hydrogen) atoms. The first-order valence-corrected chi connectivity index (χ1v) is 8.82. The molecule has 0 saturated heterocycles. The molecule has 1 aliphatic rings. The SMILES string of the molecule is CCCC(C)NC(=O)CN(CCC)C1(CN)CCCCC1. The lowest BCUT2D eigenvalue weighted by Gasteiger charge is -2.45. The highest BCUT2D eigenvalue weighted by molar-refractivity contribution is 5.78. The predicted molar refractivity (Wildman–Crippen MR) is 89.2 cm³/mol. The summed E-state index contributed by atoms with van der Waals surface area (Å²) in [6.45, 7) is 8.55. The third-order valence-electron chi connectivity index (χ3n) is 4.79. The van der Waals surface area contributed by atoms with Crippen molar-refractivity contribution < 1.29 is 4.79 Å². The summed E-state index contributed by atoms with van der Waals surface area (Å²) in [4.78, 5) is 14.7. The van der Waals surface area contributed by atoms with Crippen LogP contribution in [0.2, 0.25) is 0 Å². The Bertz CT molecular complexity index is 300. The molecule has 0 aliphatic heterocycles. The molecule has 1 rings (SSSR count). The molecule has 1 aliphatic carbocycles. The predicted octanol–water partition coefficient (Wildman–Crippen LogP) is 2.66. The molecule has 124 valence electrons. The van der Waals surface area contributed by atoms with Crippen molar-refractivity contribution in [1.29, 1.82) is 0 Å². The molecule has 0 radical (unpaired) electrons. The molecule has 0 aromatic heterocycles. The van der Waals surface area contributed by atoms with Gasteiger partial charge in [0.15, 0.2) is 0 Å². The highest BCUT2D eigenvalue weighted by atomic mass is 16.2. The normalized spacial score (nSPS) is 19.5. The molecule has 1 atom stereocenters. The molecule has 0 aromatic carbocycles. The summed E-state index contributed by atoms with van der Waals surface area (Å²) >= 11 is 0. The van der Waals surface area contributed by atoms with E-state index in [-0.39, 0.29) is 17.5 Å². The fourth-order valence-electron chi connectivity index (χ4n) is 3.61. The lowest BCUT2D eigenvalue weighted by atomic mass is 9.80. The second-order valence-corrected chi connectivity index (χ2v) is 6.67. The van der Waals surface area contributed by atoms with Crippen LogP contribution in [0.3, 0.4) is 0 Å². The van der Waals surface area contributed by atoms with Gasteiger partial charge in [0.05, 0.1) is 6.54 Å². The lowest BCUT2D eigenvalue weighted by molar-refractivity contribution is -0.125. The van der Waals surface area contributed by atoms with Gasteiger partial charge in [-0.3, -0.25) is 9.69 Å². The zero-order chi connectivity index (χ0) is 15.7. The Morgan fingerprint density at radius 3 is 2.43 bits per heavy atom. The van der Waals surface area contributed by atoms with Crippen LogP contribution >= 0.6 is 0 Å². The Balaban J connectivity index is 2.64. The maximum atomic E-state index is 12.3. The van der Waals surface area contributed by atoms with Gasteiger partial charge in [0.1, 0.15) is 0 Å². The summed E-state index contributed by atoms with van der Waals surface area (Å²) in [5.74, 6) is 0.155. The molecule has 0 bridgehead atoms. The smallest absolute Gasteiger partial charge is 0.234 e. The van der Waals surface area contributed by atoms with Crippen LogP contribution in [0.4, 0.5) is 0 Å². The monoisotopic (exact) mass is 297 g/mol. The second kappa shape index (κ2) is 9.42. The van der Waals surface area contributed by atoms with Crippen LogP contribution in [0.1, 0.15) is 72.1 Å². The van der Waals surface area contributed by atoms with E-state index in [1.165, 1.54) is 19.3 Å². The van der Waals surface area contributed by atoms with E-state index in [2.05, 4.69) is 31.0 Å². The molecule has 1 saturated carbocycles. The van der Waals surface area contributed by atoms with Crippen molar-refractivity contribution in [2.24, 2.45) is 5.73 Å². The van der Waals surface area contributed by atoms with E-state index in [0.29, 0.717) is 13.1 Å². The van der Waals surface area contributed by atoms with Crippen LogP contribution in [0, 0.1) is 0 Å². The van der Waals surface area contributed by atoms with Crippen LogP contribution in [0.15, 0.2) is 0 Å². The number of hydrogen-bond donors (Lipinski definition) is 2. The highest BCUT2D eigenvalue weighted by Crippen LogP contribution is 2.33. The topological polar surface area (TPSA) is 58.4 Å². The van der Waals surface area contributed by atoms with E-state index in [0.717, 1.165) is 38.6 Å². The first kappa shape index (κ1) is 18.4. The Labute approximate surface area is 130 Å². The van der Waals surface area contributed by atoms with Crippen LogP contribution in [-0.4, -0.2) is 42.0 Å². The maximum Gasteiger partial charge on any atom is 0.234 e. The molecule has 4 nitrogen and oxygen atoms in total. The Kier molecular flexibility index (Phi) is 8.27. The molecule has 1 fully saturated rings. The Hall–Kier alpha value is -0.610. The number of hydrogen-bond acceptors (Lipinski definition) is 3. The summed E-state index contributed by atoms with van der Waals surface area (Å²) in [6, 6.07) is 0.270. The van der Waals surface area contributed by atoms with E-state index < -0.39 is 0 Å². The van der Waals surface area contributed by atoms with Gasteiger partial charge < -0.3 is 11.1 Å². The van der Waals surface area contributed by atoms with Gasteiger partial charge in [0, 0.05) is 18.1 Å². The van der Waals surface area contributed by atoms with Crippen molar-refractivity contribution in [3.05, 3.63) is 0 Å². The summed E-state index contributed by atoms with van der Waals surface area (Å²) in [6.07, 6.45) is 9.29. The van der Waals surface area contributed by atoms with Gasteiger partial charge in [-0.25, -0.2) is 0 Å². The highest BCUT2D eigenvalue weighted by Gasteiger charge is 2.37. The van der Waals surface area contributed by atoms with Crippen LogP contribution < -0.4 is 11.1 Å². The average Bonchev–Trinajstić information content (AvgIpc) is 2.47. The quantitative estimate of drug-likeness (QED) is 0.688. The fourth-order valence-corrected chi connectivity index (χ4v) is 3.61. The molecular weight excluding hydrogens is 262 g/mol. The summed E-state index contributed by atoms with van der Waals surface area (Å²) in [7, 11) is 0. The minimum absolute atomic E-state index is 0.0552. The molecule has 0 heterocycles. The van der Waals surface area contributed by atoms with Gasteiger partial charge in [0.25, 0.3) is 0 Å². The zero-order valence-corrected chi connectivity index (χ0v) is 14.3. The molecular formula is C17H35N3O. The van der Waals surface area contributed by atoms with E-state index in [9.17, 15) is 4.79 Å². The van der Waals surface area contributed by atoms with Gasteiger partial charge >= 0.3 is 0 Å². The van der Waals surface area contributed by atoms with Gasteiger partial charge in [-0.05, 0) is 39.2 Å². The second-order valence-electron chi connectivity index (χ2n) is 6.67. The number of nitrogens with one attached hydrogen (secondary N) is 1. The fraction of sp³-hybridized carbons (Fsp3) is 0.941. The van der Waals surface area contributed by atoms with Crippen molar-refractivity contribution in [3.63, 3.8) is 0 Å². The van der Waals surface area contributed by atoms with Crippen molar-refractivity contribution in [3.8, 4) is 0 Å². The number of amides is 1. The van der Waals surface area contributed by atoms with Crippen molar-refractivity contribution >= 4 is 5.91 Å². The average molecular weight is 297 g/mol. The minimum Gasteiger partial charge on any atom is -0.353 e. The first-order chi connectivity index (χ1) is 10.1. The van der Waals surface area contributed by atoms with E-state index in [4.69, 9.17) is 5.73 Å². The molecule has 4 heteroatoms. The van der Waals surface area contributed by atoms with Crippen LogP contribution in [0.5, 0.6) is 0 Å². The summed E-state index contributed by atoms with van der Waals surface area (Å²) < 4.78 is 0. The molecule has 0 spiro atoms. The first-order valence-electron chi connectivity index (χ1n) is 8.82. The van der Waals surface area contributed by atoms with Gasteiger partial charge in [-0.15, -0.1) is 0 Å². The van der Waals surface area contributed by atoms with Gasteiger partial charge in [-0.1, -0.05) is 39.5 Å². The van der Waals surface area contributed by atoms with Crippen LogP contribution in [0.25, 0.3) is 0 Å². The third kappa shape index (κ3) is 5.59. The molecule has 1 unspecified atom stereocenters. The van der Waals surface area contributed by atoms with Crippen molar-refractivity contribution in [2.45, 2.75) is 83.7 Å². The number of rotatable bonds is 9. The summed E-state index contributed by atoms with van der Waals surface area (Å²) in [5, 5.41) is 3.13. The van der Waals surface area contributed by atoms with E-state index in [1.54, 1.807) is 0 Å². The molecule has 1 amide bonds. The van der Waals surface area contributed by atoms with Gasteiger partial charge in [-0.2, -0.15) is 0 Å². The van der Waals surface area contributed by atoms with E-state index >= 15 is 0 Å². The third-order valence-corrected chi connectivity index (χ3v) is 4.79. The lowest BCUT2D eigenvalue weighted by Crippen LogP contribution is -2.58. The van der Waals surface area contributed by atoms with E-state index in [1.807, 2.05) is 0 Å². The molecule has 3 N–H and O–H groups in total. The van der Waals surface area contributed by atoms with Crippen molar-refractivity contribution in [2.75, 3.05) is 19.6 Å². The summed E-state index contributed by atoms with van der Waals surface area (Å²) in [5.41, 5.74) is 6.18.